The maximum Gasteiger partial charge on any atom is 0.116 e. The summed E-state index contributed by atoms with van der Waals surface area (Å²) in [5, 5.41) is 12.8. The van der Waals surface area contributed by atoms with E-state index in [1.165, 1.54) is 11.3 Å². The average molecular weight is 263 g/mol. The molecular weight excluding hydrogens is 244 g/mol. The summed E-state index contributed by atoms with van der Waals surface area (Å²) in [4.78, 5) is 0.787. The van der Waals surface area contributed by atoms with Gasteiger partial charge in [0, 0.05) is 6.61 Å². The van der Waals surface area contributed by atoms with Crippen LogP contribution in [0.2, 0.25) is 5.02 Å². The number of thiophene rings is 1. The fourth-order valence-electron chi connectivity index (χ4n) is 1.65. The summed E-state index contributed by atoms with van der Waals surface area (Å²) in [6, 6.07) is 1.80. The van der Waals surface area contributed by atoms with Crippen LogP contribution in [0.4, 0.5) is 0 Å². The summed E-state index contributed by atoms with van der Waals surface area (Å²) in [7, 11) is 0. The van der Waals surface area contributed by atoms with Crippen molar-refractivity contribution in [3.05, 3.63) is 21.3 Å². The van der Waals surface area contributed by atoms with E-state index in [1.54, 1.807) is 6.07 Å². The number of rotatable bonds is 4. The van der Waals surface area contributed by atoms with Crippen LogP contribution in [0, 0.1) is 5.41 Å². The highest BCUT2D eigenvalue weighted by Crippen LogP contribution is 2.37. The van der Waals surface area contributed by atoms with Gasteiger partial charge < -0.3 is 9.84 Å². The van der Waals surface area contributed by atoms with Crippen LogP contribution in [-0.2, 0) is 4.74 Å². The maximum absolute atomic E-state index is 10.3. The van der Waals surface area contributed by atoms with Crippen molar-refractivity contribution in [2.24, 2.45) is 5.41 Å². The van der Waals surface area contributed by atoms with E-state index in [-0.39, 0.29) is 11.5 Å². The van der Waals surface area contributed by atoms with E-state index >= 15 is 0 Å². The number of halogens is 1. The molecule has 2 unspecified atom stereocenters. The number of aliphatic hydroxyl groups excluding tert-OH is 1. The molecule has 2 atom stereocenters. The molecule has 0 aromatic carbocycles. The second kappa shape index (κ2) is 5.50. The van der Waals surface area contributed by atoms with Crippen molar-refractivity contribution in [2.75, 3.05) is 6.61 Å². The van der Waals surface area contributed by atoms with Gasteiger partial charge >= 0.3 is 0 Å². The molecule has 0 aliphatic heterocycles. The lowest BCUT2D eigenvalue weighted by Gasteiger charge is -2.33. The lowest BCUT2D eigenvalue weighted by Crippen LogP contribution is -2.35. The Morgan fingerprint density at radius 2 is 2.12 bits per heavy atom. The van der Waals surface area contributed by atoms with Crippen molar-refractivity contribution in [1.29, 1.82) is 0 Å². The van der Waals surface area contributed by atoms with E-state index in [2.05, 4.69) is 20.8 Å². The zero-order valence-corrected chi connectivity index (χ0v) is 11.7. The Morgan fingerprint density at radius 3 is 2.50 bits per heavy atom. The fraction of sp³-hybridized carbons (Fsp3) is 0.667. The van der Waals surface area contributed by atoms with Crippen LogP contribution in [0.5, 0.6) is 0 Å². The minimum Gasteiger partial charge on any atom is -0.385 e. The molecule has 92 valence electrons. The molecule has 4 heteroatoms. The third-order valence-electron chi connectivity index (χ3n) is 2.40. The summed E-state index contributed by atoms with van der Waals surface area (Å²) in [5.74, 6) is 0. The molecule has 2 nitrogen and oxygen atoms in total. The Balaban J connectivity index is 2.92. The second-order valence-electron chi connectivity index (χ2n) is 4.82. The lowest BCUT2D eigenvalue weighted by molar-refractivity contribution is -0.0886. The molecule has 1 heterocycles. The van der Waals surface area contributed by atoms with Crippen LogP contribution in [0.25, 0.3) is 0 Å². The molecule has 0 aliphatic carbocycles. The highest BCUT2D eigenvalue weighted by molar-refractivity contribution is 7.10. The van der Waals surface area contributed by atoms with Crippen LogP contribution < -0.4 is 0 Å². The highest BCUT2D eigenvalue weighted by Gasteiger charge is 2.34. The molecule has 0 amide bonds. The maximum atomic E-state index is 10.3. The molecule has 0 radical (unpaired) electrons. The number of ether oxygens (including phenoxy) is 1. The molecule has 16 heavy (non-hydrogen) atoms. The van der Waals surface area contributed by atoms with E-state index in [4.69, 9.17) is 16.3 Å². The molecule has 1 aromatic heterocycles. The van der Waals surface area contributed by atoms with Gasteiger partial charge in [-0.15, -0.1) is 11.3 Å². The molecular formula is C12H19ClO2S. The number of hydrogen-bond acceptors (Lipinski definition) is 3. The Hall–Kier alpha value is -0.0900. The van der Waals surface area contributed by atoms with Gasteiger partial charge in [-0.25, -0.2) is 0 Å². The van der Waals surface area contributed by atoms with Crippen LogP contribution >= 0.6 is 22.9 Å². The number of hydrogen-bond donors (Lipinski definition) is 1. The van der Waals surface area contributed by atoms with Gasteiger partial charge in [0.05, 0.1) is 16.0 Å². The third-order valence-corrected chi connectivity index (χ3v) is 3.83. The molecule has 0 spiro atoms. The summed E-state index contributed by atoms with van der Waals surface area (Å²) >= 11 is 7.49. The van der Waals surface area contributed by atoms with E-state index in [0.29, 0.717) is 11.6 Å². The molecule has 1 rings (SSSR count). The van der Waals surface area contributed by atoms with Crippen LogP contribution in [0.15, 0.2) is 11.4 Å². The first kappa shape index (κ1) is 14.0. The summed E-state index contributed by atoms with van der Waals surface area (Å²) in [5.41, 5.74) is -0.122. The van der Waals surface area contributed by atoms with E-state index in [0.717, 1.165) is 4.88 Å². The van der Waals surface area contributed by atoms with Gasteiger partial charge in [-0.3, -0.25) is 0 Å². The van der Waals surface area contributed by atoms with Gasteiger partial charge in [-0.1, -0.05) is 32.4 Å². The predicted octanol–water partition coefficient (Wildman–Crippen LogP) is 3.89. The smallest absolute Gasteiger partial charge is 0.116 e. The van der Waals surface area contributed by atoms with Crippen molar-refractivity contribution in [3.63, 3.8) is 0 Å². The van der Waals surface area contributed by atoms with E-state index in [9.17, 15) is 5.11 Å². The van der Waals surface area contributed by atoms with Crippen LogP contribution in [0.3, 0.4) is 0 Å². The SMILES string of the molecule is CCOC(C(O)c1sccc1Cl)C(C)(C)C. The summed E-state index contributed by atoms with van der Waals surface area (Å²) in [6.07, 6.45) is -0.902. The van der Waals surface area contributed by atoms with E-state index in [1.807, 2.05) is 12.3 Å². The first-order valence-electron chi connectivity index (χ1n) is 5.40. The first-order chi connectivity index (χ1) is 7.38. The molecule has 0 aliphatic rings. The van der Waals surface area contributed by atoms with Gasteiger partial charge in [-0.05, 0) is 23.8 Å². The first-order valence-corrected chi connectivity index (χ1v) is 6.66. The van der Waals surface area contributed by atoms with Crippen molar-refractivity contribution >= 4 is 22.9 Å². The van der Waals surface area contributed by atoms with Crippen molar-refractivity contribution in [1.82, 2.24) is 0 Å². The van der Waals surface area contributed by atoms with Gasteiger partial charge in [0.1, 0.15) is 6.10 Å². The molecule has 1 N–H and O–H groups in total. The van der Waals surface area contributed by atoms with E-state index < -0.39 is 6.10 Å². The van der Waals surface area contributed by atoms with Crippen LogP contribution in [0.1, 0.15) is 38.7 Å². The summed E-state index contributed by atoms with van der Waals surface area (Å²) < 4.78 is 5.65. The Kier molecular flexibility index (Phi) is 4.80. The fourth-order valence-corrected chi connectivity index (χ4v) is 2.83. The Morgan fingerprint density at radius 1 is 1.50 bits per heavy atom. The molecule has 0 fully saturated rings. The average Bonchev–Trinajstić information content (AvgIpc) is 2.58. The molecule has 0 saturated carbocycles. The lowest BCUT2D eigenvalue weighted by atomic mass is 9.85. The van der Waals surface area contributed by atoms with Crippen LogP contribution in [-0.4, -0.2) is 17.8 Å². The predicted molar refractivity (Wildman–Crippen MR) is 69.2 cm³/mol. The highest BCUT2D eigenvalue weighted by atomic mass is 35.5. The van der Waals surface area contributed by atoms with Crippen molar-refractivity contribution in [3.8, 4) is 0 Å². The molecule has 0 bridgehead atoms. The Bertz CT molecular complexity index is 330. The summed E-state index contributed by atoms with van der Waals surface area (Å²) in [6.45, 7) is 8.68. The van der Waals surface area contributed by atoms with Gasteiger partial charge in [0.25, 0.3) is 0 Å². The monoisotopic (exact) mass is 262 g/mol. The standard InChI is InChI=1S/C12H19ClO2S/c1-5-15-11(12(2,3)4)9(14)10-8(13)6-7-16-10/h6-7,9,11,14H,5H2,1-4H3. The van der Waals surface area contributed by atoms with Crippen molar-refractivity contribution < 1.29 is 9.84 Å². The van der Waals surface area contributed by atoms with Gasteiger partial charge in [0.15, 0.2) is 0 Å². The molecule has 0 saturated heterocycles. The Labute approximate surface area is 106 Å². The minimum atomic E-state index is -0.660. The topological polar surface area (TPSA) is 29.5 Å². The number of aliphatic hydroxyl groups is 1. The van der Waals surface area contributed by atoms with Gasteiger partial charge in [0.2, 0.25) is 0 Å². The third kappa shape index (κ3) is 3.20. The second-order valence-corrected chi connectivity index (χ2v) is 6.17. The zero-order valence-electron chi connectivity index (χ0n) is 10.2. The quantitative estimate of drug-likeness (QED) is 0.892. The van der Waals surface area contributed by atoms with Gasteiger partial charge in [-0.2, -0.15) is 0 Å². The zero-order chi connectivity index (χ0) is 12.3. The largest absolute Gasteiger partial charge is 0.385 e. The normalized spacial score (nSPS) is 16.1. The minimum absolute atomic E-state index is 0.122. The van der Waals surface area contributed by atoms with Crippen molar-refractivity contribution in [2.45, 2.75) is 39.9 Å². The molecule has 1 aromatic rings.